The highest BCUT2D eigenvalue weighted by Crippen LogP contribution is 2.17. The monoisotopic (exact) mass is 351 g/mol. The molecule has 4 amide bonds. The number of hydrogen-bond donors (Lipinski definition) is 5. The van der Waals surface area contributed by atoms with E-state index in [4.69, 9.17) is 5.73 Å². The fourth-order valence-corrected chi connectivity index (χ4v) is 2.48. The minimum Gasteiger partial charge on any atom is -0.360 e. The van der Waals surface area contributed by atoms with Crippen molar-refractivity contribution in [3.63, 3.8) is 0 Å². The molecule has 0 bridgehead atoms. The Balaban J connectivity index is 1.59. The standard InChI is InChI=1S/C18H17N5O3/c19-18(26)21-9-11-5-7-12(8-6-11)16(24)22-23-17(25)14-10-20-15-4-2-1-3-13(14)15/h1-8,10,20H,9H2,(H,22,24)(H,23,25)(H3,19,21,26). The minimum absolute atomic E-state index is 0.272. The van der Waals surface area contributed by atoms with E-state index in [-0.39, 0.29) is 6.54 Å². The summed E-state index contributed by atoms with van der Waals surface area (Å²) in [6.07, 6.45) is 1.59. The van der Waals surface area contributed by atoms with E-state index in [0.29, 0.717) is 11.1 Å². The molecule has 0 aliphatic heterocycles. The Morgan fingerprint density at radius 2 is 1.62 bits per heavy atom. The third kappa shape index (κ3) is 3.81. The molecule has 0 saturated heterocycles. The van der Waals surface area contributed by atoms with Gasteiger partial charge in [-0.3, -0.25) is 20.4 Å². The van der Waals surface area contributed by atoms with Gasteiger partial charge in [-0.25, -0.2) is 4.79 Å². The van der Waals surface area contributed by atoms with Crippen LogP contribution in [-0.2, 0) is 6.54 Å². The third-order valence-electron chi connectivity index (χ3n) is 3.81. The van der Waals surface area contributed by atoms with E-state index >= 15 is 0 Å². The number of aromatic amines is 1. The Morgan fingerprint density at radius 3 is 2.35 bits per heavy atom. The number of rotatable bonds is 4. The topological polar surface area (TPSA) is 129 Å². The van der Waals surface area contributed by atoms with Crippen molar-refractivity contribution in [3.8, 4) is 0 Å². The van der Waals surface area contributed by atoms with Crippen molar-refractivity contribution >= 4 is 28.7 Å². The molecule has 0 atom stereocenters. The Kier molecular flexibility index (Phi) is 4.84. The number of fused-ring (bicyclic) bond motifs is 1. The summed E-state index contributed by atoms with van der Waals surface area (Å²) in [4.78, 5) is 38.1. The number of carbonyl (C=O) groups is 3. The first-order valence-corrected chi connectivity index (χ1v) is 7.83. The largest absolute Gasteiger partial charge is 0.360 e. The van der Waals surface area contributed by atoms with Gasteiger partial charge in [0.25, 0.3) is 11.8 Å². The lowest BCUT2D eigenvalue weighted by Gasteiger charge is -2.08. The SMILES string of the molecule is NC(=O)NCc1ccc(C(=O)NNC(=O)c2c[nH]c3ccccc23)cc1. The summed E-state index contributed by atoms with van der Waals surface area (Å²) in [7, 11) is 0. The van der Waals surface area contributed by atoms with Crippen LogP contribution < -0.4 is 21.9 Å². The first kappa shape index (κ1) is 17.0. The van der Waals surface area contributed by atoms with E-state index in [1.807, 2.05) is 24.3 Å². The van der Waals surface area contributed by atoms with Gasteiger partial charge in [0.2, 0.25) is 0 Å². The lowest BCUT2D eigenvalue weighted by Crippen LogP contribution is -2.41. The zero-order valence-electron chi connectivity index (χ0n) is 13.7. The first-order valence-electron chi connectivity index (χ1n) is 7.83. The van der Waals surface area contributed by atoms with Gasteiger partial charge in [-0.05, 0) is 23.8 Å². The van der Waals surface area contributed by atoms with Gasteiger partial charge >= 0.3 is 6.03 Å². The molecule has 2 aromatic carbocycles. The number of carbonyl (C=O) groups excluding carboxylic acids is 3. The maximum absolute atomic E-state index is 12.3. The van der Waals surface area contributed by atoms with Crippen LogP contribution in [0.3, 0.4) is 0 Å². The van der Waals surface area contributed by atoms with Crippen molar-refractivity contribution < 1.29 is 14.4 Å². The number of amides is 4. The fourth-order valence-electron chi connectivity index (χ4n) is 2.48. The molecule has 132 valence electrons. The second kappa shape index (κ2) is 7.39. The van der Waals surface area contributed by atoms with E-state index in [1.54, 1.807) is 30.5 Å². The number of nitrogens with two attached hydrogens (primary N) is 1. The van der Waals surface area contributed by atoms with Gasteiger partial charge in [0.1, 0.15) is 0 Å². The summed E-state index contributed by atoms with van der Waals surface area (Å²) in [6, 6.07) is 13.3. The summed E-state index contributed by atoms with van der Waals surface area (Å²) < 4.78 is 0. The maximum atomic E-state index is 12.3. The van der Waals surface area contributed by atoms with Gasteiger partial charge in [-0.2, -0.15) is 0 Å². The molecule has 8 heteroatoms. The average molecular weight is 351 g/mol. The molecule has 0 saturated carbocycles. The number of hydrogen-bond acceptors (Lipinski definition) is 3. The van der Waals surface area contributed by atoms with Gasteiger partial charge in [0, 0.05) is 29.2 Å². The Bertz CT molecular complexity index is 962. The predicted molar refractivity (Wildman–Crippen MR) is 96.1 cm³/mol. The van der Waals surface area contributed by atoms with Gasteiger partial charge in [-0.15, -0.1) is 0 Å². The Hall–Kier alpha value is -3.81. The Labute approximate surface area is 148 Å². The molecule has 0 radical (unpaired) electrons. The van der Waals surface area contributed by atoms with Gasteiger partial charge in [-0.1, -0.05) is 30.3 Å². The van der Waals surface area contributed by atoms with E-state index in [9.17, 15) is 14.4 Å². The minimum atomic E-state index is -0.619. The molecule has 0 unspecified atom stereocenters. The predicted octanol–water partition coefficient (Wildman–Crippen LogP) is 1.41. The van der Waals surface area contributed by atoms with Crippen LogP contribution in [0.15, 0.2) is 54.7 Å². The van der Waals surface area contributed by atoms with Crippen LogP contribution in [0.25, 0.3) is 10.9 Å². The van der Waals surface area contributed by atoms with Crippen LogP contribution in [-0.4, -0.2) is 22.8 Å². The van der Waals surface area contributed by atoms with Crippen LogP contribution in [0.5, 0.6) is 0 Å². The first-order chi connectivity index (χ1) is 12.5. The molecule has 3 aromatic rings. The van der Waals surface area contributed by atoms with Gasteiger partial charge in [0.15, 0.2) is 0 Å². The van der Waals surface area contributed by atoms with Crippen molar-refractivity contribution in [2.24, 2.45) is 5.73 Å². The number of hydrazine groups is 1. The molecule has 0 aliphatic rings. The average Bonchev–Trinajstić information content (AvgIpc) is 3.09. The lowest BCUT2D eigenvalue weighted by molar-refractivity contribution is 0.0847. The molecule has 1 heterocycles. The second-order valence-corrected chi connectivity index (χ2v) is 5.57. The van der Waals surface area contributed by atoms with Gasteiger partial charge in [0.05, 0.1) is 5.56 Å². The molecule has 6 N–H and O–H groups in total. The van der Waals surface area contributed by atoms with Crippen molar-refractivity contribution in [1.82, 2.24) is 21.2 Å². The molecule has 0 fully saturated rings. The van der Waals surface area contributed by atoms with Crippen molar-refractivity contribution in [2.75, 3.05) is 0 Å². The Morgan fingerprint density at radius 1 is 0.923 bits per heavy atom. The maximum Gasteiger partial charge on any atom is 0.312 e. The van der Waals surface area contributed by atoms with Gasteiger partial charge < -0.3 is 16.0 Å². The van der Waals surface area contributed by atoms with E-state index in [0.717, 1.165) is 16.5 Å². The summed E-state index contributed by atoms with van der Waals surface area (Å²) >= 11 is 0. The van der Waals surface area contributed by atoms with Crippen LogP contribution in [0.1, 0.15) is 26.3 Å². The van der Waals surface area contributed by atoms with E-state index in [1.165, 1.54) is 0 Å². The number of primary amides is 1. The van der Waals surface area contributed by atoms with Crippen molar-refractivity contribution in [2.45, 2.75) is 6.54 Å². The number of nitrogens with one attached hydrogen (secondary N) is 4. The number of para-hydroxylation sites is 1. The zero-order valence-corrected chi connectivity index (χ0v) is 13.7. The fraction of sp³-hybridized carbons (Fsp3) is 0.0556. The number of urea groups is 1. The summed E-state index contributed by atoms with van der Waals surface area (Å²) in [5.74, 6) is -0.870. The van der Waals surface area contributed by atoms with E-state index in [2.05, 4.69) is 21.2 Å². The van der Waals surface area contributed by atoms with E-state index < -0.39 is 17.8 Å². The molecular formula is C18H17N5O3. The number of aromatic nitrogens is 1. The highest BCUT2D eigenvalue weighted by Gasteiger charge is 2.13. The number of H-pyrrole nitrogens is 1. The molecule has 3 rings (SSSR count). The third-order valence-corrected chi connectivity index (χ3v) is 3.81. The van der Waals surface area contributed by atoms with Crippen molar-refractivity contribution in [1.29, 1.82) is 0 Å². The number of benzene rings is 2. The summed E-state index contributed by atoms with van der Waals surface area (Å²) in [5, 5.41) is 3.23. The van der Waals surface area contributed by atoms with Crippen LogP contribution in [0, 0.1) is 0 Å². The van der Waals surface area contributed by atoms with Crippen LogP contribution in [0.2, 0.25) is 0 Å². The molecular weight excluding hydrogens is 334 g/mol. The molecule has 8 nitrogen and oxygen atoms in total. The normalized spacial score (nSPS) is 10.3. The van der Waals surface area contributed by atoms with Crippen LogP contribution in [0.4, 0.5) is 4.79 Å². The van der Waals surface area contributed by atoms with Crippen LogP contribution >= 0.6 is 0 Å². The smallest absolute Gasteiger partial charge is 0.312 e. The van der Waals surface area contributed by atoms with Crippen molar-refractivity contribution in [3.05, 3.63) is 71.4 Å². The summed E-state index contributed by atoms with van der Waals surface area (Å²) in [5.41, 5.74) is 12.2. The second-order valence-electron chi connectivity index (χ2n) is 5.57. The molecule has 1 aromatic heterocycles. The quantitative estimate of drug-likeness (QED) is 0.456. The molecule has 26 heavy (non-hydrogen) atoms. The highest BCUT2D eigenvalue weighted by molar-refractivity contribution is 6.07. The highest BCUT2D eigenvalue weighted by atomic mass is 16.2. The zero-order chi connectivity index (χ0) is 18.5. The molecule has 0 aliphatic carbocycles. The lowest BCUT2D eigenvalue weighted by atomic mass is 10.1. The molecule has 0 spiro atoms. The summed E-state index contributed by atoms with van der Waals surface area (Å²) in [6.45, 7) is 0.272.